The van der Waals surface area contributed by atoms with Gasteiger partial charge in [0.05, 0.1) is 23.8 Å². The van der Waals surface area contributed by atoms with Crippen LogP contribution in [0.1, 0.15) is 25.3 Å². The maximum absolute atomic E-state index is 8.56. The van der Waals surface area contributed by atoms with Crippen LogP contribution in [0.15, 0.2) is 23.1 Å². The third-order valence-corrected chi connectivity index (χ3v) is 3.05. The minimum Gasteiger partial charge on any atom is -0.496 e. The molecule has 1 rings (SSSR count). The fourth-order valence-corrected chi connectivity index (χ4v) is 2.01. The molecule has 0 aromatic heterocycles. The molecule has 0 fully saturated rings. The van der Waals surface area contributed by atoms with Crippen molar-refractivity contribution in [2.45, 2.75) is 24.7 Å². The monoisotopic (exact) mass is 221 g/mol. The molecular weight excluding hydrogens is 206 g/mol. The van der Waals surface area contributed by atoms with Gasteiger partial charge < -0.3 is 4.74 Å². The molecule has 1 aromatic carbocycles. The van der Waals surface area contributed by atoms with Crippen LogP contribution >= 0.6 is 11.8 Å². The first-order chi connectivity index (χ1) is 7.19. The number of methoxy groups -OCH3 is 1. The van der Waals surface area contributed by atoms with Gasteiger partial charge in [0.1, 0.15) is 5.75 Å². The number of ether oxygens (including phenoxy) is 1. The molecule has 0 bridgehead atoms. The number of benzene rings is 1. The van der Waals surface area contributed by atoms with Gasteiger partial charge in [-0.25, -0.2) is 0 Å². The van der Waals surface area contributed by atoms with Gasteiger partial charge in [-0.1, -0.05) is 19.9 Å². The molecule has 0 amide bonds. The first kappa shape index (κ1) is 11.9. The van der Waals surface area contributed by atoms with E-state index in [9.17, 15) is 0 Å². The molecule has 0 radical (unpaired) electrons. The average Bonchev–Trinajstić information content (AvgIpc) is 2.25. The molecular formula is C12H15NOS. The van der Waals surface area contributed by atoms with Crippen LogP contribution in [0.3, 0.4) is 0 Å². The lowest BCUT2D eigenvalue weighted by Crippen LogP contribution is -1.91. The summed E-state index contributed by atoms with van der Waals surface area (Å²) in [6.45, 7) is 4.31. The summed E-state index contributed by atoms with van der Waals surface area (Å²) in [4.78, 5) is 1.05. The maximum atomic E-state index is 8.56. The highest BCUT2D eigenvalue weighted by Crippen LogP contribution is 2.31. The second kappa shape index (κ2) is 5.67. The van der Waals surface area contributed by atoms with E-state index in [1.165, 1.54) is 17.3 Å². The molecule has 0 atom stereocenters. The van der Waals surface area contributed by atoms with Crippen molar-refractivity contribution in [1.82, 2.24) is 0 Å². The lowest BCUT2D eigenvalue weighted by Gasteiger charge is -2.11. The first-order valence-corrected chi connectivity index (χ1v) is 5.85. The van der Waals surface area contributed by atoms with Crippen LogP contribution in [0.4, 0.5) is 0 Å². The lowest BCUT2D eigenvalue weighted by molar-refractivity contribution is 0.404. The largest absolute Gasteiger partial charge is 0.496 e. The second-order valence-corrected chi connectivity index (χ2v) is 4.53. The Bertz CT molecular complexity index is 368. The average molecular weight is 221 g/mol. The van der Waals surface area contributed by atoms with Gasteiger partial charge in [-0.15, -0.1) is 11.8 Å². The fraction of sp³-hybridized carbons (Fsp3) is 0.417. The van der Waals surface area contributed by atoms with E-state index >= 15 is 0 Å². The molecule has 0 unspecified atom stereocenters. The summed E-state index contributed by atoms with van der Waals surface area (Å²) < 4.78 is 5.25. The number of hydrogen-bond donors (Lipinski definition) is 0. The molecule has 0 spiro atoms. The van der Waals surface area contributed by atoms with Crippen LogP contribution in [0.25, 0.3) is 0 Å². The summed E-state index contributed by atoms with van der Waals surface area (Å²) in [5.41, 5.74) is 1.27. The van der Waals surface area contributed by atoms with Crippen molar-refractivity contribution in [2.75, 3.05) is 12.9 Å². The van der Waals surface area contributed by atoms with Gasteiger partial charge in [0.25, 0.3) is 0 Å². The van der Waals surface area contributed by atoms with E-state index in [-0.39, 0.29) is 0 Å². The van der Waals surface area contributed by atoms with Crippen molar-refractivity contribution in [3.05, 3.63) is 23.8 Å². The zero-order chi connectivity index (χ0) is 11.3. The summed E-state index contributed by atoms with van der Waals surface area (Å²) in [5, 5.41) is 8.56. The highest BCUT2D eigenvalue weighted by atomic mass is 32.2. The molecule has 2 nitrogen and oxygen atoms in total. The predicted octanol–water partition coefficient (Wildman–Crippen LogP) is 3.43. The van der Waals surface area contributed by atoms with Crippen LogP contribution in [0.5, 0.6) is 5.75 Å². The molecule has 0 saturated heterocycles. The van der Waals surface area contributed by atoms with E-state index < -0.39 is 0 Å². The van der Waals surface area contributed by atoms with Gasteiger partial charge in [-0.3, -0.25) is 0 Å². The van der Waals surface area contributed by atoms with Crippen molar-refractivity contribution in [2.24, 2.45) is 0 Å². The summed E-state index contributed by atoms with van der Waals surface area (Å²) >= 11 is 1.52. The smallest absolute Gasteiger partial charge is 0.132 e. The van der Waals surface area contributed by atoms with Gasteiger partial charge in [-0.05, 0) is 23.6 Å². The molecule has 0 aliphatic carbocycles. The summed E-state index contributed by atoms with van der Waals surface area (Å²) in [7, 11) is 1.65. The van der Waals surface area contributed by atoms with E-state index in [4.69, 9.17) is 10.00 Å². The van der Waals surface area contributed by atoms with Crippen molar-refractivity contribution in [3.8, 4) is 11.8 Å². The normalized spacial score (nSPS) is 10.1. The van der Waals surface area contributed by atoms with Gasteiger partial charge in [-0.2, -0.15) is 5.26 Å². The Morgan fingerprint density at radius 1 is 1.47 bits per heavy atom. The van der Waals surface area contributed by atoms with Crippen LogP contribution < -0.4 is 4.74 Å². The second-order valence-electron chi connectivity index (χ2n) is 3.51. The van der Waals surface area contributed by atoms with Gasteiger partial charge in [0.15, 0.2) is 0 Å². The minimum atomic E-state index is 0.456. The molecule has 0 aliphatic rings. The molecule has 1 aromatic rings. The molecule has 15 heavy (non-hydrogen) atoms. The van der Waals surface area contributed by atoms with E-state index in [2.05, 4.69) is 32.0 Å². The van der Waals surface area contributed by atoms with Crippen molar-refractivity contribution >= 4 is 11.8 Å². The zero-order valence-corrected chi connectivity index (χ0v) is 10.1. The quantitative estimate of drug-likeness (QED) is 0.730. The Morgan fingerprint density at radius 3 is 2.73 bits per heavy atom. The SMILES string of the molecule is COc1ccc(C(C)C)cc1SCC#N. The molecule has 0 N–H and O–H groups in total. The highest BCUT2D eigenvalue weighted by Gasteiger charge is 2.06. The van der Waals surface area contributed by atoms with E-state index in [0.29, 0.717) is 11.7 Å². The Kier molecular flexibility index (Phi) is 4.51. The topological polar surface area (TPSA) is 33.0 Å². The van der Waals surface area contributed by atoms with Gasteiger partial charge in [0, 0.05) is 0 Å². The maximum Gasteiger partial charge on any atom is 0.132 e. The lowest BCUT2D eigenvalue weighted by atomic mass is 10.0. The van der Waals surface area contributed by atoms with Crippen molar-refractivity contribution in [1.29, 1.82) is 5.26 Å². The van der Waals surface area contributed by atoms with Crippen molar-refractivity contribution in [3.63, 3.8) is 0 Å². The third kappa shape index (κ3) is 3.17. The van der Waals surface area contributed by atoms with E-state index in [0.717, 1.165) is 10.6 Å². The number of nitrogens with zero attached hydrogens (tertiary/aromatic N) is 1. The fourth-order valence-electron chi connectivity index (χ4n) is 1.28. The predicted molar refractivity (Wildman–Crippen MR) is 63.4 cm³/mol. The Labute approximate surface area is 95.3 Å². The van der Waals surface area contributed by atoms with E-state index in [1.807, 2.05) is 6.07 Å². The summed E-state index contributed by atoms with van der Waals surface area (Å²) in [6.07, 6.45) is 0. The van der Waals surface area contributed by atoms with E-state index in [1.54, 1.807) is 7.11 Å². The number of hydrogen-bond acceptors (Lipinski definition) is 3. The Hall–Kier alpha value is -1.14. The molecule has 3 heteroatoms. The van der Waals surface area contributed by atoms with Crippen LogP contribution in [-0.4, -0.2) is 12.9 Å². The van der Waals surface area contributed by atoms with Crippen LogP contribution in [0.2, 0.25) is 0 Å². The van der Waals surface area contributed by atoms with Crippen LogP contribution in [0, 0.1) is 11.3 Å². The van der Waals surface area contributed by atoms with Crippen LogP contribution in [-0.2, 0) is 0 Å². The van der Waals surface area contributed by atoms with Gasteiger partial charge >= 0.3 is 0 Å². The third-order valence-electron chi connectivity index (χ3n) is 2.15. The Morgan fingerprint density at radius 2 is 2.20 bits per heavy atom. The standard InChI is InChI=1S/C12H15NOS/c1-9(2)10-4-5-11(14-3)12(8-10)15-7-6-13/h4-5,8-9H,7H2,1-3H3. The molecule has 0 aliphatic heterocycles. The molecule has 0 heterocycles. The highest BCUT2D eigenvalue weighted by molar-refractivity contribution is 7.99. The minimum absolute atomic E-state index is 0.456. The number of nitriles is 1. The summed E-state index contributed by atoms with van der Waals surface area (Å²) in [6, 6.07) is 8.26. The molecule has 0 saturated carbocycles. The van der Waals surface area contributed by atoms with Crippen molar-refractivity contribution < 1.29 is 4.74 Å². The number of thioether (sulfide) groups is 1. The Balaban J connectivity index is 2.97. The van der Waals surface area contributed by atoms with Gasteiger partial charge in [0.2, 0.25) is 0 Å². The summed E-state index contributed by atoms with van der Waals surface area (Å²) in [5.74, 6) is 1.80. The number of rotatable bonds is 4. The first-order valence-electron chi connectivity index (χ1n) is 4.86. The zero-order valence-electron chi connectivity index (χ0n) is 9.28. The molecule has 80 valence electrons.